The fraction of sp³-hybridized carbons (Fsp3) is 0.211. The molecule has 2 heterocycles. The zero-order valence-electron chi connectivity index (χ0n) is 15.0. The predicted octanol–water partition coefficient (Wildman–Crippen LogP) is 3.45. The predicted molar refractivity (Wildman–Crippen MR) is 120 cm³/mol. The van der Waals surface area contributed by atoms with Gasteiger partial charge in [0.25, 0.3) is 0 Å². The standard InChI is InChI=1S/C19H21ClN6.HI/c1-21-19(22-11-9-16-5-8-18(20)23-13-16)24-14-15-3-6-17(7-4-15)26-12-2-10-25-26;/h2-8,10,12-13H,9,11,14H2,1H3,(H2,21,22,24);1H. The monoisotopic (exact) mass is 496 g/mol. The number of benzene rings is 1. The molecule has 2 aromatic heterocycles. The lowest BCUT2D eigenvalue weighted by atomic mass is 10.2. The van der Waals surface area contributed by atoms with E-state index < -0.39 is 0 Å². The SMILES string of the molecule is CN=C(NCCc1ccc(Cl)nc1)NCc1ccc(-n2cccn2)cc1.I. The third kappa shape index (κ3) is 6.51. The van der Waals surface area contributed by atoms with Gasteiger partial charge in [-0.1, -0.05) is 29.8 Å². The van der Waals surface area contributed by atoms with E-state index >= 15 is 0 Å². The molecular formula is C19H22ClIN6. The summed E-state index contributed by atoms with van der Waals surface area (Å²) >= 11 is 5.80. The number of aliphatic imine (C=N–C) groups is 1. The van der Waals surface area contributed by atoms with Crippen LogP contribution in [0, 0.1) is 0 Å². The van der Waals surface area contributed by atoms with Crippen LogP contribution in [0.2, 0.25) is 5.15 Å². The normalized spacial score (nSPS) is 11.0. The molecular weight excluding hydrogens is 475 g/mol. The van der Waals surface area contributed by atoms with Crippen molar-refractivity contribution >= 4 is 41.5 Å². The van der Waals surface area contributed by atoms with Gasteiger partial charge >= 0.3 is 0 Å². The number of guanidine groups is 1. The molecule has 0 bridgehead atoms. The first-order valence-corrected chi connectivity index (χ1v) is 8.76. The molecule has 0 atom stereocenters. The Balaban J connectivity index is 0.00000261. The fourth-order valence-corrected chi connectivity index (χ4v) is 2.59. The van der Waals surface area contributed by atoms with Crippen molar-refractivity contribution in [1.29, 1.82) is 0 Å². The summed E-state index contributed by atoms with van der Waals surface area (Å²) in [6.45, 7) is 1.46. The van der Waals surface area contributed by atoms with E-state index in [9.17, 15) is 0 Å². The van der Waals surface area contributed by atoms with Crippen molar-refractivity contribution in [3.8, 4) is 5.69 Å². The molecule has 0 amide bonds. The van der Waals surface area contributed by atoms with E-state index in [0.29, 0.717) is 11.7 Å². The first-order valence-electron chi connectivity index (χ1n) is 8.38. The van der Waals surface area contributed by atoms with Crippen LogP contribution >= 0.6 is 35.6 Å². The number of rotatable bonds is 6. The summed E-state index contributed by atoms with van der Waals surface area (Å²) in [4.78, 5) is 8.33. The number of nitrogens with one attached hydrogen (secondary N) is 2. The zero-order chi connectivity index (χ0) is 18.2. The lowest BCUT2D eigenvalue weighted by molar-refractivity contribution is 0.792. The van der Waals surface area contributed by atoms with Crippen molar-refractivity contribution in [3.05, 3.63) is 77.3 Å². The lowest BCUT2D eigenvalue weighted by Gasteiger charge is -2.12. The Labute approximate surface area is 181 Å². The van der Waals surface area contributed by atoms with Gasteiger partial charge in [-0.3, -0.25) is 4.99 Å². The molecule has 0 radical (unpaired) electrons. The highest BCUT2D eigenvalue weighted by molar-refractivity contribution is 14.0. The van der Waals surface area contributed by atoms with Gasteiger partial charge < -0.3 is 10.6 Å². The topological polar surface area (TPSA) is 67.1 Å². The highest BCUT2D eigenvalue weighted by Gasteiger charge is 2.01. The van der Waals surface area contributed by atoms with E-state index in [0.717, 1.165) is 30.2 Å². The Kier molecular flexibility index (Phi) is 8.53. The minimum absolute atomic E-state index is 0. The van der Waals surface area contributed by atoms with Crippen LogP contribution in [0.15, 0.2) is 66.0 Å². The number of aromatic nitrogens is 3. The van der Waals surface area contributed by atoms with Gasteiger partial charge in [-0.05, 0) is 41.8 Å². The van der Waals surface area contributed by atoms with Crippen molar-refractivity contribution in [2.24, 2.45) is 4.99 Å². The molecule has 0 saturated carbocycles. The van der Waals surface area contributed by atoms with E-state index in [1.54, 1.807) is 25.5 Å². The van der Waals surface area contributed by atoms with E-state index in [-0.39, 0.29) is 24.0 Å². The first-order chi connectivity index (χ1) is 12.7. The van der Waals surface area contributed by atoms with Crippen LogP contribution in [0.5, 0.6) is 0 Å². The average Bonchev–Trinajstić information content (AvgIpc) is 3.21. The summed E-state index contributed by atoms with van der Waals surface area (Å²) in [6, 6.07) is 13.9. The lowest BCUT2D eigenvalue weighted by Crippen LogP contribution is -2.37. The second-order valence-corrected chi connectivity index (χ2v) is 6.10. The Bertz CT molecular complexity index is 832. The molecule has 0 aliphatic rings. The number of halogens is 2. The molecule has 0 spiro atoms. The van der Waals surface area contributed by atoms with Crippen LogP contribution in [0.25, 0.3) is 5.69 Å². The molecule has 0 unspecified atom stereocenters. The molecule has 0 saturated heterocycles. The molecule has 6 nitrogen and oxygen atoms in total. The van der Waals surface area contributed by atoms with Crippen LogP contribution in [0.3, 0.4) is 0 Å². The zero-order valence-corrected chi connectivity index (χ0v) is 18.1. The van der Waals surface area contributed by atoms with Crippen molar-refractivity contribution in [2.75, 3.05) is 13.6 Å². The highest BCUT2D eigenvalue weighted by Crippen LogP contribution is 2.08. The molecule has 27 heavy (non-hydrogen) atoms. The van der Waals surface area contributed by atoms with Gasteiger partial charge in [-0.2, -0.15) is 5.10 Å². The van der Waals surface area contributed by atoms with E-state index in [1.165, 1.54) is 5.56 Å². The molecule has 142 valence electrons. The Morgan fingerprint density at radius 2 is 1.89 bits per heavy atom. The summed E-state index contributed by atoms with van der Waals surface area (Å²) in [5.74, 6) is 0.767. The summed E-state index contributed by atoms with van der Waals surface area (Å²) in [5, 5.41) is 11.4. The maximum Gasteiger partial charge on any atom is 0.191 e. The Hall–Kier alpha value is -2.13. The third-order valence-corrected chi connectivity index (χ3v) is 4.11. The van der Waals surface area contributed by atoms with Gasteiger partial charge in [-0.15, -0.1) is 24.0 Å². The molecule has 8 heteroatoms. The molecule has 2 N–H and O–H groups in total. The molecule has 3 aromatic rings. The van der Waals surface area contributed by atoms with Gasteiger partial charge in [0.15, 0.2) is 5.96 Å². The maximum atomic E-state index is 5.80. The Morgan fingerprint density at radius 1 is 1.11 bits per heavy atom. The second-order valence-electron chi connectivity index (χ2n) is 5.71. The fourth-order valence-electron chi connectivity index (χ4n) is 2.47. The van der Waals surface area contributed by atoms with E-state index in [1.807, 2.05) is 35.1 Å². The summed E-state index contributed by atoms with van der Waals surface area (Å²) < 4.78 is 1.84. The van der Waals surface area contributed by atoms with Crippen LogP contribution in [-0.2, 0) is 13.0 Å². The van der Waals surface area contributed by atoms with Crippen LogP contribution < -0.4 is 10.6 Å². The molecule has 0 aliphatic heterocycles. The van der Waals surface area contributed by atoms with Gasteiger partial charge in [0.2, 0.25) is 0 Å². The molecule has 0 fully saturated rings. The summed E-state index contributed by atoms with van der Waals surface area (Å²) in [6.07, 6.45) is 6.34. The van der Waals surface area contributed by atoms with E-state index in [4.69, 9.17) is 11.6 Å². The van der Waals surface area contributed by atoms with Crippen molar-refractivity contribution in [1.82, 2.24) is 25.4 Å². The molecule has 1 aromatic carbocycles. The van der Waals surface area contributed by atoms with Gasteiger partial charge in [0.1, 0.15) is 5.15 Å². The van der Waals surface area contributed by atoms with Crippen molar-refractivity contribution in [2.45, 2.75) is 13.0 Å². The largest absolute Gasteiger partial charge is 0.356 e. The maximum absolute atomic E-state index is 5.80. The summed E-state index contributed by atoms with van der Waals surface area (Å²) in [5.41, 5.74) is 3.34. The van der Waals surface area contributed by atoms with Gasteiger partial charge in [-0.25, -0.2) is 9.67 Å². The number of pyridine rings is 1. The first kappa shape index (κ1) is 21.2. The van der Waals surface area contributed by atoms with E-state index in [2.05, 4.69) is 37.8 Å². The minimum Gasteiger partial charge on any atom is -0.356 e. The second kappa shape index (κ2) is 10.9. The van der Waals surface area contributed by atoms with Crippen molar-refractivity contribution in [3.63, 3.8) is 0 Å². The van der Waals surface area contributed by atoms with Gasteiger partial charge in [0.05, 0.1) is 5.69 Å². The minimum atomic E-state index is 0. The quantitative estimate of drug-likeness (QED) is 0.237. The van der Waals surface area contributed by atoms with Crippen LogP contribution in [0.4, 0.5) is 0 Å². The number of nitrogens with zero attached hydrogens (tertiary/aromatic N) is 4. The molecule has 3 rings (SSSR count). The third-order valence-electron chi connectivity index (χ3n) is 3.88. The average molecular weight is 497 g/mol. The van der Waals surface area contributed by atoms with Gasteiger partial charge in [0, 0.05) is 38.7 Å². The molecule has 0 aliphatic carbocycles. The number of hydrogen-bond donors (Lipinski definition) is 2. The number of hydrogen-bond acceptors (Lipinski definition) is 3. The van der Waals surface area contributed by atoms with Crippen LogP contribution in [-0.4, -0.2) is 34.3 Å². The smallest absolute Gasteiger partial charge is 0.191 e. The van der Waals surface area contributed by atoms with Crippen molar-refractivity contribution < 1.29 is 0 Å². The Morgan fingerprint density at radius 3 is 2.52 bits per heavy atom. The van der Waals surface area contributed by atoms with Crippen LogP contribution in [0.1, 0.15) is 11.1 Å². The highest BCUT2D eigenvalue weighted by atomic mass is 127. The summed E-state index contributed by atoms with van der Waals surface area (Å²) in [7, 11) is 1.76.